The van der Waals surface area contributed by atoms with E-state index in [1.165, 1.54) is 23.8 Å². The molecular formula is C18H20N4O3S. The molecule has 136 valence electrons. The zero-order valence-electron chi connectivity index (χ0n) is 14.8. The van der Waals surface area contributed by atoms with Crippen molar-refractivity contribution in [3.63, 3.8) is 0 Å². The van der Waals surface area contributed by atoms with Crippen molar-refractivity contribution in [3.8, 4) is 0 Å². The third kappa shape index (κ3) is 3.45. The average Bonchev–Trinajstić information content (AvgIpc) is 3.07. The van der Waals surface area contributed by atoms with Gasteiger partial charge in [-0.1, -0.05) is 42.1 Å². The van der Waals surface area contributed by atoms with Gasteiger partial charge in [0.1, 0.15) is 0 Å². The van der Waals surface area contributed by atoms with Crippen LogP contribution in [0.1, 0.15) is 11.6 Å². The second-order valence-corrected chi connectivity index (χ2v) is 6.76. The lowest BCUT2D eigenvalue weighted by atomic mass is 9.95. The summed E-state index contributed by atoms with van der Waals surface area (Å²) in [6.45, 7) is 0. The molecule has 0 saturated carbocycles. The SMILES string of the molecule is COC(=O)C1=C(CSc2nccn2C)N(C)C(=O)NC1c1ccccc1. The molecule has 1 aromatic carbocycles. The maximum Gasteiger partial charge on any atom is 0.338 e. The summed E-state index contributed by atoms with van der Waals surface area (Å²) in [6, 6.07) is 8.57. The van der Waals surface area contributed by atoms with Gasteiger partial charge in [-0.05, 0) is 5.56 Å². The molecule has 1 N–H and O–H groups in total. The van der Waals surface area contributed by atoms with E-state index in [1.807, 2.05) is 48.1 Å². The highest BCUT2D eigenvalue weighted by molar-refractivity contribution is 7.99. The second-order valence-electron chi connectivity index (χ2n) is 5.81. The number of nitrogens with zero attached hydrogens (tertiary/aromatic N) is 3. The molecule has 2 heterocycles. The fourth-order valence-electron chi connectivity index (χ4n) is 2.80. The predicted molar refractivity (Wildman–Crippen MR) is 98.5 cm³/mol. The minimum atomic E-state index is -0.552. The molecule has 0 aliphatic carbocycles. The molecule has 1 atom stereocenters. The van der Waals surface area contributed by atoms with Crippen LogP contribution in [0.5, 0.6) is 0 Å². The molecule has 0 radical (unpaired) electrons. The van der Waals surface area contributed by atoms with E-state index in [0.717, 1.165) is 10.7 Å². The minimum Gasteiger partial charge on any atom is -0.466 e. The number of methoxy groups -OCH3 is 1. The number of hydrogen-bond acceptors (Lipinski definition) is 5. The molecule has 0 spiro atoms. The van der Waals surface area contributed by atoms with Gasteiger partial charge in [-0.15, -0.1) is 0 Å². The highest BCUT2D eigenvalue weighted by Crippen LogP contribution is 2.33. The second kappa shape index (κ2) is 7.65. The van der Waals surface area contributed by atoms with Crippen LogP contribution >= 0.6 is 11.8 Å². The summed E-state index contributed by atoms with van der Waals surface area (Å²) in [5.41, 5.74) is 1.87. The first-order valence-electron chi connectivity index (χ1n) is 8.03. The van der Waals surface area contributed by atoms with Crippen molar-refractivity contribution in [2.75, 3.05) is 19.9 Å². The van der Waals surface area contributed by atoms with E-state index in [1.54, 1.807) is 13.2 Å². The number of rotatable bonds is 5. The van der Waals surface area contributed by atoms with Crippen molar-refractivity contribution in [1.82, 2.24) is 19.8 Å². The van der Waals surface area contributed by atoms with Gasteiger partial charge >= 0.3 is 12.0 Å². The Hall–Kier alpha value is -2.74. The summed E-state index contributed by atoms with van der Waals surface area (Å²) in [7, 11) is 4.89. The summed E-state index contributed by atoms with van der Waals surface area (Å²) in [5.74, 6) is -0.0381. The Balaban J connectivity index is 2.02. The quantitative estimate of drug-likeness (QED) is 0.644. The van der Waals surface area contributed by atoms with Gasteiger partial charge in [0, 0.05) is 37.9 Å². The Morgan fingerprint density at radius 2 is 2.04 bits per heavy atom. The van der Waals surface area contributed by atoms with Crippen LogP contribution in [0.15, 0.2) is 59.2 Å². The van der Waals surface area contributed by atoms with Crippen molar-refractivity contribution >= 4 is 23.8 Å². The van der Waals surface area contributed by atoms with Crippen LogP contribution in [-0.4, -0.2) is 46.4 Å². The molecule has 3 rings (SSSR count). The van der Waals surface area contributed by atoms with Crippen LogP contribution in [0.3, 0.4) is 0 Å². The minimum absolute atomic E-state index is 0.262. The largest absolute Gasteiger partial charge is 0.466 e. The lowest BCUT2D eigenvalue weighted by Gasteiger charge is -2.34. The van der Waals surface area contributed by atoms with Crippen molar-refractivity contribution < 1.29 is 14.3 Å². The standard InChI is InChI=1S/C18H20N4O3S/c1-21-10-9-19-18(21)26-11-13-14(16(23)25-3)15(20-17(24)22(13)2)12-7-5-4-6-8-12/h4-10,15H,11H2,1-3H3,(H,20,24). The number of hydrogen-bond donors (Lipinski definition) is 1. The van der Waals surface area contributed by atoms with Gasteiger partial charge in [0.2, 0.25) is 0 Å². The molecule has 2 aromatic rings. The van der Waals surface area contributed by atoms with Gasteiger partial charge in [-0.2, -0.15) is 0 Å². The third-order valence-corrected chi connectivity index (χ3v) is 5.30. The Labute approximate surface area is 156 Å². The van der Waals surface area contributed by atoms with E-state index >= 15 is 0 Å². The smallest absolute Gasteiger partial charge is 0.338 e. The van der Waals surface area contributed by atoms with Crippen molar-refractivity contribution in [2.24, 2.45) is 7.05 Å². The fraction of sp³-hybridized carbons (Fsp3) is 0.278. The molecule has 0 saturated heterocycles. The van der Waals surface area contributed by atoms with E-state index in [-0.39, 0.29) is 6.03 Å². The number of carbonyl (C=O) groups excluding carboxylic acids is 2. The molecule has 0 fully saturated rings. The predicted octanol–water partition coefficient (Wildman–Crippen LogP) is 2.34. The third-order valence-electron chi connectivity index (χ3n) is 4.23. The summed E-state index contributed by atoms with van der Waals surface area (Å²) in [6.07, 6.45) is 3.56. The number of ether oxygens (including phenoxy) is 1. The number of thioether (sulfide) groups is 1. The lowest BCUT2D eigenvalue weighted by Crippen LogP contribution is -2.47. The van der Waals surface area contributed by atoms with Crippen LogP contribution in [0, 0.1) is 0 Å². The number of amides is 2. The molecule has 0 bridgehead atoms. The summed E-state index contributed by atoms with van der Waals surface area (Å²) in [5, 5.41) is 3.68. The van der Waals surface area contributed by atoms with E-state index in [9.17, 15) is 9.59 Å². The van der Waals surface area contributed by atoms with Crippen LogP contribution in [-0.2, 0) is 16.6 Å². The maximum atomic E-state index is 12.6. The number of aryl methyl sites for hydroxylation is 1. The highest BCUT2D eigenvalue weighted by atomic mass is 32.2. The monoisotopic (exact) mass is 372 g/mol. The Morgan fingerprint density at radius 3 is 2.65 bits per heavy atom. The van der Waals surface area contributed by atoms with Gasteiger partial charge in [0.25, 0.3) is 0 Å². The highest BCUT2D eigenvalue weighted by Gasteiger charge is 2.36. The van der Waals surface area contributed by atoms with Crippen LogP contribution in [0.4, 0.5) is 4.79 Å². The van der Waals surface area contributed by atoms with Crippen molar-refractivity contribution in [3.05, 3.63) is 59.6 Å². The van der Waals surface area contributed by atoms with E-state index < -0.39 is 12.0 Å². The molecule has 8 heteroatoms. The number of esters is 1. The van der Waals surface area contributed by atoms with Crippen molar-refractivity contribution in [2.45, 2.75) is 11.2 Å². The van der Waals surface area contributed by atoms with Crippen LogP contribution in [0.2, 0.25) is 0 Å². The van der Waals surface area contributed by atoms with E-state index in [2.05, 4.69) is 10.3 Å². The average molecular weight is 372 g/mol. The van der Waals surface area contributed by atoms with Gasteiger partial charge in [0.05, 0.1) is 18.7 Å². The number of nitrogens with one attached hydrogen (secondary N) is 1. The lowest BCUT2D eigenvalue weighted by molar-refractivity contribution is -0.136. The van der Waals surface area contributed by atoms with Gasteiger partial charge < -0.3 is 14.6 Å². The maximum absolute atomic E-state index is 12.6. The first-order valence-corrected chi connectivity index (χ1v) is 9.02. The zero-order chi connectivity index (χ0) is 18.7. The number of carbonyl (C=O) groups is 2. The van der Waals surface area contributed by atoms with Gasteiger partial charge in [0.15, 0.2) is 5.16 Å². The fourth-order valence-corrected chi connectivity index (χ4v) is 3.82. The van der Waals surface area contributed by atoms with E-state index in [0.29, 0.717) is 17.0 Å². The summed E-state index contributed by atoms with van der Waals surface area (Å²) in [4.78, 5) is 30.8. The molecule has 1 aliphatic heterocycles. The Morgan fingerprint density at radius 1 is 1.31 bits per heavy atom. The molecule has 1 unspecified atom stereocenters. The number of imidazole rings is 1. The normalized spacial score (nSPS) is 17.3. The topological polar surface area (TPSA) is 76.5 Å². The molecule has 1 aliphatic rings. The van der Waals surface area contributed by atoms with Gasteiger partial charge in [-0.3, -0.25) is 4.90 Å². The Kier molecular flexibility index (Phi) is 5.32. The number of aromatic nitrogens is 2. The molecule has 1 aromatic heterocycles. The molecular weight excluding hydrogens is 352 g/mol. The summed E-state index contributed by atoms with van der Waals surface area (Å²) >= 11 is 1.46. The zero-order valence-corrected chi connectivity index (χ0v) is 15.6. The molecule has 26 heavy (non-hydrogen) atoms. The number of benzene rings is 1. The first kappa shape index (κ1) is 18.1. The summed E-state index contributed by atoms with van der Waals surface area (Å²) < 4.78 is 6.90. The van der Waals surface area contributed by atoms with E-state index in [4.69, 9.17) is 4.74 Å². The molecule has 7 nitrogen and oxygen atoms in total. The van der Waals surface area contributed by atoms with Crippen LogP contribution in [0.25, 0.3) is 0 Å². The Bertz CT molecular complexity index is 847. The van der Waals surface area contributed by atoms with Crippen molar-refractivity contribution in [1.29, 1.82) is 0 Å². The molecule has 2 amide bonds. The first-order chi connectivity index (χ1) is 12.5. The van der Waals surface area contributed by atoms with Gasteiger partial charge in [-0.25, -0.2) is 14.6 Å². The van der Waals surface area contributed by atoms with Crippen LogP contribution < -0.4 is 5.32 Å². The number of urea groups is 1.